The Bertz CT molecular complexity index is 146. The molecule has 85 valence electrons. The van der Waals surface area contributed by atoms with Gasteiger partial charge in [0.1, 0.15) is 0 Å². The maximum atomic E-state index is 5.89. The molecule has 0 aromatic rings. The molecule has 0 heterocycles. The minimum Gasteiger partial charge on any atom is -0.414 e. The molecule has 14 heavy (non-hydrogen) atoms. The molecule has 0 bridgehead atoms. The van der Waals surface area contributed by atoms with E-state index in [-0.39, 0.29) is 0 Å². The lowest BCUT2D eigenvalue weighted by Crippen LogP contribution is -2.45. The van der Waals surface area contributed by atoms with Crippen LogP contribution in [-0.2, 0) is 12.7 Å². The Morgan fingerprint density at radius 3 is 1.43 bits per heavy atom. The molecule has 0 spiro atoms. The summed E-state index contributed by atoms with van der Waals surface area (Å²) < 4.78 is 17.3. The van der Waals surface area contributed by atoms with Crippen LogP contribution in [0.3, 0.4) is 0 Å². The third kappa shape index (κ3) is 9.10. The molecule has 0 aromatic heterocycles. The molecule has 0 fully saturated rings. The summed E-state index contributed by atoms with van der Waals surface area (Å²) in [6.45, 7) is 15.6. The minimum absolute atomic E-state index is 0.670. The fraction of sp³-hybridized carbons (Fsp3) is 1.00. The van der Waals surface area contributed by atoms with E-state index in [1.807, 2.05) is 6.92 Å². The average molecular weight is 252 g/mol. The largest absolute Gasteiger partial charge is 0.555 e. The topological polar surface area (TPSA) is 27.7 Å². The van der Waals surface area contributed by atoms with Crippen LogP contribution in [-0.4, -0.2) is 32.8 Å². The molecule has 0 unspecified atom stereocenters. The molecule has 0 N–H and O–H groups in total. The van der Waals surface area contributed by atoms with E-state index in [1.54, 1.807) is 0 Å². The van der Waals surface area contributed by atoms with Gasteiger partial charge in [-0.2, -0.15) is 0 Å². The van der Waals surface area contributed by atoms with Crippen molar-refractivity contribution in [3.63, 3.8) is 0 Å². The van der Waals surface area contributed by atoms with Crippen molar-refractivity contribution in [2.24, 2.45) is 0 Å². The Balaban J connectivity index is 4.16. The SMILES string of the molecule is CCO[Si](O[Si](C)(C)C)O[Si](C)(C)C. The maximum absolute atomic E-state index is 5.89. The first-order chi connectivity index (χ1) is 6.14. The van der Waals surface area contributed by atoms with Gasteiger partial charge in [0.05, 0.1) is 0 Å². The van der Waals surface area contributed by atoms with Crippen molar-refractivity contribution in [1.82, 2.24) is 0 Å². The lowest BCUT2D eigenvalue weighted by molar-refractivity contribution is 0.208. The van der Waals surface area contributed by atoms with Crippen molar-refractivity contribution in [3.05, 3.63) is 0 Å². The highest BCUT2D eigenvalue weighted by atomic mass is 28.5. The van der Waals surface area contributed by atoms with Gasteiger partial charge in [0.25, 0.3) is 0 Å². The van der Waals surface area contributed by atoms with Gasteiger partial charge < -0.3 is 12.7 Å². The van der Waals surface area contributed by atoms with Gasteiger partial charge in [-0.1, -0.05) is 0 Å². The molecule has 0 aliphatic carbocycles. The van der Waals surface area contributed by atoms with Crippen LogP contribution in [0.5, 0.6) is 0 Å². The van der Waals surface area contributed by atoms with Crippen LogP contribution in [0, 0.1) is 0 Å². The van der Waals surface area contributed by atoms with E-state index in [2.05, 4.69) is 39.3 Å². The van der Waals surface area contributed by atoms with Crippen molar-refractivity contribution in [2.45, 2.75) is 46.2 Å². The Hall–Kier alpha value is 0.531. The Morgan fingerprint density at radius 1 is 0.857 bits per heavy atom. The van der Waals surface area contributed by atoms with Crippen LogP contribution < -0.4 is 0 Å². The van der Waals surface area contributed by atoms with Crippen LogP contribution in [0.2, 0.25) is 39.3 Å². The van der Waals surface area contributed by atoms with Gasteiger partial charge in [0, 0.05) is 6.61 Å². The summed E-state index contributed by atoms with van der Waals surface area (Å²) in [5.74, 6) is 0. The quantitative estimate of drug-likeness (QED) is 0.679. The Morgan fingerprint density at radius 2 is 1.21 bits per heavy atom. The van der Waals surface area contributed by atoms with Crippen molar-refractivity contribution < 1.29 is 12.7 Å². The van der Waals surface area contributed by atoms with Gasteiger partial charge in [0.2, 0.25) is 0 Å². The van der Waals surface area contributed by atoms with Crippen LogP contribution >= 0.6 is 0 Å². The van der Waals surface area contributed by atoms with Crippen LogP contribution in [0.1, 0.15) is 6.92 Å². The minimum atomic E-state index is -1.54. The predicted molar refractivity (Wildman–Crippen MR) is 66.2 cm³/mol. The van der Waals surface area contributed by atoms with Crippen LogP contribution in [0.15, 0.2) is 0 Å². The van der Waals surface area contributed by atoms with E-state index in [1.165, 1.54) is 0 Å². The van der Waals surface area contributed by atoms with E-state index in [9.17, 15) is 0 Å². The second kappa shape index (κ2) is 5.57. The summed E-state index contributed by atoms with van der Waals surface area (Å²) in [6, 6.07) is 0. The Labute approximate surface area is 92.0 Å². The molecule has 0 aliphatic heterocycles. The molecule has 0 rings (SSSR count). The molecule has 0 atom stereocenters. The van der Waals surface area contributed by atoms with Crippen LogP contribution in [0.25, 0.3) is 0 Å². The maximum Gasteiger partial charge on any atom is 0.555 e. The second-order valence-corrected chi connectivity index (χ2v) is 16.0. The fourth-order valence-corrected chi connectivity index (χ4v) is 5.95. The molecular weight excluding hydrogens is 228 g/mol. The monoisotopic (exact) mass is 251 g/mol. The highest BCUT2D eigenvalue weighted by molar-refractivity contribution is 6.79. The molecule has 0 amide bonds. The standard InChI is InChI=1S/C8H23O3Si3/c1-8-9-12(10-13(2,3)4)11-14(5,6)7/h8H2,1-7H3. The molecule has 0 aromatic carbocycles. The molecule has 1 radical (unpaired) electrons. The average Bonchev–Trinajstić information content (AvgIpc) is 1.78. The smallest absolute Gasteiger partial charge is 0.414 e. The van der Waals surface area contributed by atoms with Gasteiger partial charge >= 0.3 is 9.53 Å². The normalized spacial score (nSPS) is 13.7. The first-order valence-electron chi connectivity index (χ1n) is 5.02. The highest BCUT2D eigenvalue weighted by Crippen LogP contribution is 2.12. The molecule has 0 aliphatic rings. The van der Waals surface area contributed by atoms with E-state index < -0.39 is 26.2 Å². The van der Waals surface area contributed by atoms with E-state index in [4.69, 9.17) is 12.7 Å². The third-order valence-corrected chi connectivity index (χ3v) is 7.80. The highest BCUT2D eigenvalue weighted by Gasteiger charge is 2.32. The van der Waals surface area contributed by atoms with E-state index in [0.29, 0.717) is 6.61 Å². The second-order valence-electron chi connectivity index (χ2n) is 5.11. The number of hydrogen-bond acceptors (Lipinski definition) is 3. The molecule has 6 heteroatoms. The number of rotatable bonds is 6. The Kier molecular flexibility index (Phi) is 5.78. The summed E-state index contributed by atoms with van der Waals surface area (Å²) in [5, 5.41) is 0. The van der Waals surface area contributed by atoms with Gasteiger partial charge in [-0.3, -0.25) is 0 Å². The van der Waals surface area contributed by atoms with Gasteiger partial charge in [-0.15, -0.1) is 0 Å². The van der Waals surface area contributed by atoms with E-state index >= 15 is 0 Å². The summed E-state index contributed by atoms with van der Waals surface area (Å²) in [6.07, 6.45) is 0. The van der Waals surface area contributed by atoms with Gasteiger partial charge in [-0.05, 0) is 46.2 Å². The number of hydrogen-bond donors (Lipinski definition) is 0. The van der Waals surface area contributed by atoms with Gasteiger partial charge in [0.15, 0.2) is 16.6 Å². The van der Waals surface area contributed by atoms with Crippen molar-refractivity contribution in [2.75, 3.05) is 6.61 Å². The zero-order chi connectivity index (χ0) is 11.4. The first-order valence-corrected chi connectivity index (χ1v) is 13.1. The zero-order valence-corrected chi connectivity index (χ0v) is 13.4. The molecule has 0 saturated heterocycles. The molecular formula is C8H23O3Si3. The first kappa shape index (κ1) is 14.5. The summed E-state index contributed by atoms with van der Waals surface area (Å²) in [4.78, 5) is 0. The van der Waals surface area contributed by atoms with Gasteiger partial charge in [-0.25, -0.2) is 0 Å². The summed E-state index contributed by atoms with van der Waals surface area (Å²) in [5.41, 5.74) is 0. The fourth-order valence-electron chi connectivity index (χ4n) is 0.698. The van der Waals surface area contributed by atoms with E-state index in [0.717, 1.165) is 0 Å². The predicted octanol–water partition coefficient (Wildman–Crippen LogP) is 2.71. The van der Waals surface area contributed by atoms with Crippen molar-refractivity contribution >= 4 is 26.2 Å². The zero-order valence-electron chi connectivity index (χ0n) is 10.4. The van der Waals surface area contributed by atoms with Crippen molar-refractivity contribution in [3.8, 4) is 0 Å². The third-order valence-electron chi connectivity index (χ3n) is 1.04. The molecule has 0 saturated carbocycles. The van der Waals surface area contributed by atoms with Crippen molar-refractivity contribution in [1.29, 1.82) is 0 Å². The summed E-state index contributed by atoms with van der Waals surface area (Å²) in [7, 11) is -4.57. The summed E-state index contributed by atoms with van der Waals surface area (Å²) >= 11 is 0. The van der Waals surface area contributed by atoms with Crippen LogP contribution in [0.4, 0.5) is 0 Å². The lowest BCUT2D eigenvalue weighted by Gasteiger charge is -2.27. The molecule has 3 nitrogen and oxygen atoms in total. The lowest BCUT2D eigenvalue weighted by atomic mass is 10.9.